The summed E-state index contributed by atoms with van der Waals surface area (Å²) in [6, 6.07) is 0.853. The molecule has 2 atom stereocenters. The van der Waals surface area contributed by atoms with E-state index in [2.05, 4.69) is 10.3 Å². The van der Waals surface area contributed by atoms with E-state index in [4.69, 9.17) is 0 Å². The van der Waals surface area contributed by atoms with E-state index in [0.29, 0.717) is 12.1 Å². The number of halogens is 1. The minimum atomic E-state index is -0.129. The first-order valence-electron chi connectivity index (χ1n) is 4.73. The molecule has 0 spiro atoms. The molecule has 3 heterocycles. The van der Waals surface area contributed by atoms with Gasteiger partial charge in [0, 0.05) is 18.3 Å². The van der Waals surface area contributed by atoms with Crippen LogP contribution in [-0.2, 0) is 6.42 Å². The smallest absolute Gasteiger partial charge is 0.145 e. The lowest BCUT2D eigenvalue weighted by Crippen LogP contribution is -2.32. The molecule has 1 saturated heterocycles. The van der Waals surface area contributed by atoms with Crippen LogP contribution in [0.15, 0.2) is 12.4 Å². The van der Waals surface area contributed by atoms with Crippen LogP contribution in [0.5, 0.6) is 0 Å². The first-order chi connectivity index (χ1) is 6.34. The zero-order chi connectivity index (χ0) is 8.84. The van der Waals surface area contributed by atoms with Gasteiger partial charge >= 0.3 is 0 Å². The van der Waals surface area contributed by atoms with Crippen molar-refractivity contribution in [2.75, 3.05) is 0 Å². The van der Waals surface area contributed by atoms with Crippen LogP contribution in [0.4, 0.5) is 4.39 Å². The van der Waals surface area contributed by atoms with Crippen LogP contribution in [-0.4, -0.2) is 11.0 Å². The third-order valence-corrected chi connectivity index (χ3v) is 3.10. The Labute approximate surface area is 76.2 Å². The zero-order valence-corrected chi connectivity index (χ0v) is 7.26. The minimum Gasteiger partial charge on any atom is -0.307 e. The van der Waals surface area contributed by atoms with Crippen LogP contribution in [0.25, 0.3) is 0 Å². The van der Waals surface area contributed by atoms with E-state index in [0.717, 1.165) is 24.0 Å². The van der Waals surface area contributed by atoms with E-state index in [-0.39, 0.29) is 5.82 Å². The second-order valence-corrected chi connectivity index (χ2v) is 3.89. The summed E-state index contributed by atoms with van der Waals surface area (Å²) in [5.74, 6) is -0.129. The van der Waals surface area contributed by atoms with Gasteiger partial charge in [0.05, 0.1) is 6.20 Å². The molecule has 0 amide bonds. The molecule has 2 bridgehead atoms. The lowest BCUT2D eigenvalue weighted by molar-refractivity contribution is 0.487. The maximum absolute atomic E-state index is 13.4. The third-order valence-electron chi connectivity index (χ3n) is 3.10. The summed E-state index contributed by atoms with van der Waals surface area (Å²) >= 11 is 0. The molecule has 1 aromatic heterocycles. The van der Waals surface area contributed by atoms with Gasteiger partial charge in [0.1, 0.15) is 5.82 Å². The van der Waals surface area contributed by atoms with Crippen molar-refractivity contribution in [3.8, 4) is 0 Å². The fourth-order valence-corrected chi connectivity index (χ4v) is 2.46. The van der Waals surface area contributed by atoms with Crippen LogP contribution in [0.2, 0.25) is 0 Å². The molecule has 68 valence electrons. The molecule has 0 saturated carbocycles. The summed E-state index contributed by atoms with van der Waals surface area (Å²) in [5.41, 5.74) is 1.97. The molecule has 13 heavy (non-hydrogen) atoms. The molecule has 2 aliphatic heterocycles. The lowest BCUT2D eigenvalue weighted by Gasteiger charge is -2.24. The number of aromatic nitrogens is 1. The second kappa shape index (κ2) is 2.51. The summed E-state index contributed by atoms with van der Waals surface area (Å²) in [5, 5.41) is 3.47. The van der Waals surface area contributed by atoms with Gasteiger partial charge in [0.2, 0.25) is 0 Å². The van der Waals surface area contributed by atoms with Crippen molar-refractivity contribution >= 4 is 0 Å². The highest BCUT2D eigenvalue weighted by Gasteiger charge is 2.33. The largest absolute Gasteiger partial charge is 0.307 e. The minimum absolute atomic E-state index is 0.129. The van der Waals surface area contributed by atoms with E-state index in [9.17, 15) is 4.39 Å². The van der Waals surface area contributed by atoms with Gasteiger partial charge in [-0.1, -0.05) is 0 Å². The van der Waals surface area contributed by atoms with Gasteiger partial charge in [-0.25, -0.2) is 4.39 Å². The van der Waals surface area contributed by atoms with Gasteiger partial charge in [-0.15, -0.1) is 0 Å². The Balaban J connectivity index is 2.16. The van der Waals surface area contributed by atoms with E-state index < -0.39 is 0 Å². The molecule has 1 aromatic rings. The van der Waals surface area contributed by atoms with Gasteiger partial charge in [-0.2, -0.15) is 0 Å². The van der Waals surface area contributed by atoms with Crippen molar-refractivity contribution in [1.29, 1.82) is 0 Å². The average molecular weight is 178 g/mol. The molecule has 0 aromatic carbocycles. The van der Waals surface area contributed by atoms with Crippen LogP contribution in [0, 0.1) is 5.82 Å². The molecule has 3 rings (SSSR count). The number of nitrogens with zero attached hydrogens (tertiary/aromatic N) is 1. The molecular weight excluding hydrogens is 167 g/mol. The Morgan fingerprint density at radius 3 is 3.23 bits per heavy atom. The average Bonchev–Trinajstić information content (AvgIpc) is 2.51. The number of fused-ring (bicyclic) bond motifs is 4. The Morgan fingerprint density at radius 1 is 1.38 bits per heavy atom. The highest BCUT2D eigenvalue weighted by atomic mass is 19.1. The predicted octanol–water partition coefficient (Wildman–Crippen LogP) is 1.57. The van der Waals surface area contributed by atoms with Crippen molar-refractivity contribution in [2.24, 2.45) is 0 Å². The summed E-state index contributed by atoms with van der Waals surface area (Å²) in [6.45, 7) is 0. The molecule has 2 aliphatic rings. The number of hydrogen-bond acceptors (Lipinski definition) is 2. The zero-order valence-electron chi connectivity index (χ0n) is 7.26. The lowest BCUT2D eigenvalue weighted by atomic mass is 9.97. The molecule has 3 heteroatoms. The van der Waals surface area contributed by atoms with Gasteiger partial charge < -0.3 is 5.32 Å². The quantitative estimate of drug-likeness (QED) is 0.652. The highest BCUT2D eigenvalue weighted by molar-refractivity contribution is 5.33. The van der Waals surface area contributed by atoms with Crippen LogP contribution >= 0.6 is 0 Å². The fourth-order valence-electron chi connectivity index (χ4n) is 2.46. The van der Waals surface area contributed by atoms with E-state index in [1.165, 1.54) is 12.6 Å². The Morgan fingerprint density at radius 2 is 2.31 bits per heavy atom. The first kappa shape index (κ1) is 7.44. The summed E-state index contributed by atoms with van der Waals surface area (Å²) in [4.78, 5) is 3.90. The van der Waals surface area contributed by atoms with Crippen molar-refractivity contribution in [3.05, 3.63) is 29.3 Å². The maximum atomic E-state index is 13.4. The number of hydrogen-bond donors (Lipinski definition) is 1. The monoisotopic (exact) mass is 178 g/mol. The Bertz CT molecular complexity index is 351. The second-order valence-electron chi connectivity index (χ2n) is 3.89. The van der Waals surface area contributed by atoms with Crippen molar-refractivity contribution in [3.63, 3.8) is 0 Å². The predicted molar refractivity (Wildman–Crippen MR) is 46.8 cm³/mol. The SMILES string of the molecule is Fc1cncc2c1CC1CCC2N1. The molecule has 2 nitrogen and oxygen atoms in total. The number of pyridine rings is 1. The van der Waals surface area contributed by atoms with E-state index in [1.807, 2.05) is 0 Å². The molecular formula is C10H11FN2. The highest BCUT2D eigenvalue weighted by Crippen LogP contribution is 2.35. The van der Waals surface area contributed by atoms with Gasteiger partial charge in [-0.3, -0.25) is 4.98 Å². The van der Waals surface area contributed by atoms with Gasteiger partial charge in [0.25, 0.3) is 0 Å². The van der Waals surface area contributed by atoms with Gasteiger partial charge in [-0.05, 0) is 30.4 Å². The summed E-state index contributed by atoms with van der Waals surface area (Å²) in [7, 11) is 0. The topological polar surface area (TPSA) is 24.9 Å². The third kappa shape index (κ3) is 1.000. The van der Waals surface area contributed by atoms with E-state index >= 15 is 0 Å². The van der Waals surface area contributed by atoms with Crippen LogP contribution in [0.3, 0.4) is 0 Å². The van der Waals surface area contributed by atoms with Crippen LogP contribution < -0.4 is 5.32 Å². The van der Waals surface area contributed by atoms with Crippen molar-refractivity contribution < 1.29 is 4.39 Å². The van der Waals surface area contributed by atoms with E-state index in [1.54, 1.807) is 6.20 Å². The van der Waals surface area contributed by atoms with Gasteiger partial charge in [0.15, 0.2) is 0 Å². The standard InChI is InChI=1S/C10H11FN2/c11-9-5-12-4-8-7(9)3-6-1-2-10(8)13-6/h4-6,10,13H,1-3H2. The van der Waals surface area contributed by atoms with Crippen molar-refractivity contribution in [2.45, 2.75) is 31.3 Å². The molecule has 0 aliphatic carbocycles. The fraction of sp³-hybridized carbons (Fsp3) is 0.500. The Hall–Kier alpha value is -0.960. The number of rotatable bonds is 0. The molecule has 0 radical (unpaired) electrons. The molecule has 1 N–H and O–H groups in total. The summed E-state index contributed by atoms with van der Waals surface area (Å²) in [6.07, 6.45) is 6.25. The summed E-state index contributed by atoms with van der Waals surface area (Å²) < 4.78 is 13.4. The van der Waals surface area contributed by atoms with Crippen LogP contribution in [0.1, 0.15) is 30.0 Å². The normalized spacial score (nSPS) is 30.2. The molecule has 2 unspecified atom stereocenters. The van der Waals surface area contributed by atoms with Crippen molar-refractivity contribution in [1.82, 2.24) is 10.3 Å². The first-order valence-corrected chi connectivity index (χ1v) is 4.73. The maximum Gasteiger partial charge on any atom is 0.145 e. The Kier molecular flexibility index (Phi) is 1.44. The number of nitrogens with one attached hydrogen (secondary N) is 1. The molecule has 1 fully saturated rings.